The van der Waals surface area contributed by atoms with Gasteiger partial charge in [0.05, 0.1) is 22.5 Å². The highest BCUT2D eigenvalue weighted by atomic mass is 19.1. The molecular formula is C46H34F2N4O6. The van der Waals surface area contributed by atoms with Gasteiger partial charge in [-0.25, -0.2) is 8.78 Å². The highest BCUT2D eigenvalue weighted by Gasteiger charge is 2.28. The fourth-order valence-corrected chi connectivity index (χ4v) is 7.48. The molecule has 58 heavy (non-hydrogen) atoms. The topological polar surface area (TPSA) is 129 Å². The Hall–Kier alpha value is -7.34. The number of rotatable bonds is 4. The van der Waals surface area contributed by atoms with E-state index in [1.165, 1.54) is 24.3 Å². The summed E-state index contributed by atoms with van der Waals surface area (Å²) in [5.74, 6) is 0.0291. The van der Waals surface area contributed by atoms with E-state index in [0.29, 0.717) is 101 Å². The lowest BCUT2D eigenvalue weighted by atomic mass is 9.97. The molecule has 8 aromatic rings. The molecule has 0 aliphatic carbocycles. The molecule has 4 aromatic carbocycles. The molecule has 2 N–H and O–H groups in total. The van der Waals surface area contributed by atoms with Crippen molar-refractivity contribution in [3.8, 4) is 34.1 Å². The van der Waals surface area contributed by atoms with Gasteiger partial charge in [0.15, 0.2) is 0 Å². The molecule has 2 amide bonds. The molecule has 0 saturated heterocycles. The Labute approximate surface area is 330 Å². The number of carbonyl (C=O) groups excluding carboxylic acids is 2. The van der Waals surface area contributed by atoms with E-state index in [1.807, 2.05) is 36.4 Å². The zero-order chi connectivity index (χ0) is 39.9. The van der Waals surface area contributed by atoms with Crippen molar-refractivity contribution in [3.63, 3.8) is 0 Å². The van der Waals surface area contributed by atoms with E-state index in [2.05, 4.69) is 10.6 Å². The Bertz CT molecular complexity index is 2690. The number of hydrogen-bond donors (Lipinski definition) is 2. The maximum absolute atomic E-state index is 13.9. The molecule has 288 valence electrons. The number of carbonyl (C=O) groups is 2. The third-order valence-electron chi connectivity index (χ3n) is 10.2. The Morgan fingerprint density at radius 1 is 0.534 bits per heavy atom. The van der Waals surface area contributed by atoms with Crippen molar-refractivity contribution in [2.24, 2.45) is 0 Å². The molecule has 0 atom stereocenters. The highest BCUT2D eigenvalue weighted by Crippen LogP contribution is 2.42. The van der Waals surface area contributed by atoms with Gasteiger partial charge in [0.1, 0.15) is 59.0 Å². The van der Waals surface area contributed by atoms with Crippen molar-refractivity contribution in [1.82, 2.24) is 20.6 Å². The molecule has 1 aliphatic rings. The van der Waals surface area contributed by atoms with Gasteiger partial charge in [-0.05, 0) is 97.1 Å². The van der Waals surface area contributed by atoms with Crippen LogP contribution in [-0.4, -0.2) is 35.9 Å². The number of aromatic nitrogens is 2. The smallest absolute Gasteiger partial charge is 0.255 e. The second-order valence-electron chi connectivity index (χ2n) is 13.8. The number of fused-ring (bicyclic) bond motifs is 10. The molecule has 4 bridgehead atoms. The highest BCUT2D eigenvalue weighted by molar-refractivity contribution is 6.13. The van der Waals surface area contributed by atoms with Gasteiger partial charge in [-0.2, -0.15) is 0 Å². The third-order valence-corrected chi connectivity index (χ3v) is 10.2. The summed E-state index contributed by atoms with van der Waals surface area (Å²) >= 11 is 0. The standard InChI is InChI=1S/C46H34F2N4O6/c1-49-45(53)41-39-33-21-29-5-3-7-32(51-29)24-56-36-18-20-38-40(42(46(54)50-2)44(58-38)26-11-15-28(48)16-12-26)34(36)22-30-6-4-8-31(52-30)23-55-35(33)17-19-37(39)57-43(41)25-9-13-27(47)14-10-25/h3-20H,21-24H2,1-2H3,(H,49,53)(H,50,54). The number of amides is 2. The molecular weight excluding hydrogens is 743 g/mol. The largest absolute Gasteiger partial charge is 0.487 e. The lowest BCUT2D eigenvalue weighted by Gasteiger charge is -2.16. The number of nitrogens with one attached hydrogen (secondary N) is 2. The molecule has 10 nitrogen and oxygen atoms in total. The molecule has 4 aromatic heterocycles. The van der Waals surface area contributed by atoms with Gasteiger partial charge in [-0.3, -0.25) is 19.6 Å². The fourth-order valence-electron chi connectivity index (χ4n) is 7.48. The Balaban J connectivity index is 1.19. The van der Waals surface area contributed by atoms with Crippen LogP contribution in [0.5, 0.6) is 11.5 Å². The summed E-state index contributed by atoms with van der Waals surface area (Å²) < 4.78 is 53.6. The molecule has 9 rings (SSSR count). The molecule has 0 spiro atoms. The van der Waals surface area contributed by atoms with E-state index in [1.54, 1.807) is 62.6 Å². The summed E-state index contributed by atoms with van der Waals surface area (Å²) in [5.41, 5.74) is 6.53. The zero-order valence-corrected chi connectivity index (χ0v) is 31.3. The minimum absolute atomic E-state index is 0.0786. The number of nitrogens with zero attached hydrogens (tertiary/aromatic N) is 2. The second-order valence-corrected chi connectivity index (χ2v) is 13.8. The SMILES string of the molecule is CNC(=O)c1c(-c2ccc(F)cc2)oc2ccc3c(c12)Cc1cccc(n1)COc1ccc2oc(-c4ccc(F)cc4)c(C(=O)NC)c2c1Cc1cccc(n1)CO3. The Morgan fingerprint density at radius 2 is 0.931 bits per heavy atom. The maximum atomic E-state index is 13.9. The monoisotopic (exact) mass is 776 g/mol. The summed E-state index contributed by atoms with van der Waals surface area (Å²) in [4.78, 5) is 37.2. The van der Waals surface area contributed by atoms with Crippen molar-refractivity contribution in [3.05, 3.63) is 166 Å². The van der Waals surface area contributed by atoms with Crippen molar-refractivity contribution in [1.29, 1.82) is 0 Å². The normalized spacial score (nSPS) is 12.6. The van der Waals surface area contributed by atoms with Gasteiger partial charge < -0.3 is 28.9 Å². The van der Waals surface area contributed by atoms with E-state index in [9.17, 15) is 18.4 Å². The van der Waals surface area contributed by atoms with Crippen LogP contribution < -0.4 is 20.1 Å². The van der Waals surface area contributed by atoms with Gasteiger partial charge in [0.25, 0.3) is 11.8 Å². The molecule has 5 heterocycles. The van der Waals surface area contributed by atoms with Crippen LogP contribution in [-0.2, 0) is 26.1 Å². The zero-order valence-electron chi connectivity index (χ0n) is 31.3. The van der Waals surface area contributed by atoms with E-state index >= 15 is 0 Å². The average molecular weight is 777 g/mol. The second kappa shape index (κ2) is 15.0. The van der Waals surface area contributed by atoms with Crippen LogP contribution in [0.3, 0.4) is 0 Å². The van der Waals surface area contributed by atoms with Gasteiger partial charge in [0, 0.05) is 71.4 Å². The Kier molecular flexibility index (Phi) is 9.36. The van der Waals surface area contributed by atoms with Crippen LogP contribution in [0.4, 0.5) is 8.78 Å². The van der Waals surface area contributed by atoms with E-state index in [4.69, 9.17) is 28.3 Å². The molecule has 1 aliphatic heterocycles. The number of hydrogen-bond acceptors (Lipinski definition) is 8. The van der Waals surface area contributed by atoms with E-state index < -0.39 is 11.6 Å². The predicted octanol–water partition coefficient (Wildman–Crippen LogP) is 8.95. The van der Waals surface area contributed by atoms with E-state index in [0.717, 1.165) is 0 Å². The quantitative estimate of drug-likeness (QED) is 0.181. The maximum Gasteiger partial charge on any atom is 0.255 e. The van der Waals surface area contributed by atoms with Crippen molar-refractivity contribution >= 4 is 33.8 Å². The first-order valence-electron chi connectivity index (χ1n) is 18.6. The molecule has 0 fully saturated rings. The summed E-state index contributed by atoms with van der Waals surface area (Å²) in [5, 5.41) is 6.58. The Morgan fingerprint density at radius 3 is 1.33 bits per heavy atom. The number of ether oxygens (including phenoxy) is 2. The first-order valence-corrected chi connectivity index (χ1v) is 18.6. The van der Waals surface area contributed by atoms with Crippen LogP contribution in [0.1, 0.15) is 54.6 Å². The van der Waals surface area contributed by atoms with Gasteiger partial charge in [-0.1, -0.05) is 12.1 Å². The van der Waals surface area contributed by atoms with Crippen LogP contribution in [0.2, 0.25) is 0 Å². The fraction of sp³-hybridized carbons (Fsp3) is 0.130. The third kappa shape index (κ3) is 6.68. The number of benzene rings is 4. The van der Waals surface area contributed by atoms with Crippen molar-refractivity contribution in [2.45, 2.75) is 26.1 Å². The van der Waals surface area contributed by atoms with Crippen LogP contribution in [0, 0.1) is 11.6 Å². The van der Waals surface area contributed by atoms with Crippen LogP contribution in [0.25, 0.3) is 44.6 Å². The van der Waals surface area contributed by atoms with Gasteiger partial charge >= 0.3 is 0 Å². The summed E-state index contributed by atoms with van der Waals surface area (Å²) in [6.07, 6.45) is 0.516. The van der Waals surface area contributed by atoms with Gasteiger partial charge in [-0.15, -0.1) is 0 Å². The minimum atomic E-state index is -0.409. The van der Waals surface area contributed by atoms with E-state index in [-0.39, 0.29) is 37.9 Å². The summed E-state index contributed by atoms with van der Waals surface area (Å²) in [6, 6.07) is 29.9. The molecule has 0 radical (unpaired) electrons. The van der Waals surface area contributed by atoms with Crippen LogP contribution in [0.15, 0.2) is 118 Å². The predicted molar refractivity (Wildman–Crippen MR) is 213 cm³/mol. The minimum Gasteiger partial charge on any atom is -0.487 e. The molecule has 0 saturated carbocycles. The van der Waals surface area contributed by atoms with Crippen molar-refractivity contribution in [2.75, 3.05) is 14.1 Å². The lowest BCUT2D eigenvalue weighted by molar-refractivity contribution is 0.0956. The summed E-state index contributed by atoms with van der Waals surface area (Å²) in [7, 11) is 3.09. The summed E-state index contributed by atoms with van der Waals surface area (Å²) in [6.45, 7) is 0.157. The van der Waals surface area contributed by atoms with Crippen molar-refractivity contribution < 1.29 is 36.7 Å². The first-order chi connectivity index (χ1) is 28.3. The van der Waals surface area contributed by atoms with Gasteiger partial charge in [0.2, 0.25) is 0 Å². The molecule has 0 unspecified atom stereocenters. The average Bonchev–Trinajstić information content (AvgIpc) is 3.83. The lowest BCUT2D eigenvalue weighted by Crippen LogP contribution is -2.18. The first kappa shape index (κ1) is 36.3. The number of halogens is 2. The molecule has 12 heteroatoms. The van der Waals surface area contributed by atoms with Crippen LogP contribution >= 0.6 is 0 Å². The number of pyridine rings is 2. The number of furan rings is 2.